The molecule has 1 aliphatic heterocycles. The molecule has 0 aliphatic carbocycles. The summed E-state index contributed by atoms with van der Waals surface area (Å²) in [4.78, 5) is 13.9. The van der Waals surface area contributed by atoms with Gasteiger partial charge in [0.25, 0.3) is 0 Å². The molecule has 0 spiro atoms. The number of amides is 1. The van der Waals surface area contributed by atoms with Gasteiger partial charge in [0.15, 0.2) is 0 Å². The minimum Gasteiger partial charge on any atom is -0.444 e. The topological polar surface area (TPSA) is 76.8 Å². The second-order valence-corrected chi connectivity index (χ2v) is 7.12. The molecule has 2 atom stereocenters. The number of ether oxygens (including phenoxy) is 2. The normalized spacial score (nSPS) is 20.8. The fourth-order valence-electron chi connectivity index (χ4n) is 2.37. The second kappa shape index (κ2) is 6.55. The van der Waals surface area contributed by atoms with Crippen LogP contribution in [0.25, 0.3) is 0 Å². The van der Waals surface area contributed by atoms with Gasteiger partial charge in [-0.05, 0) is 36.7 Å². The molecule has 8 heteroatoms. The lowest BCUT2D eigenvalue weighted by molar-refractivity contribution is -0.0689. The van der Waals surface area contributed by atoms with Gasteiger partial charge in [0.05, 0.1) is 35.6 Å². The van der Waals surface area contributed by atoms with E-state index in [4.69, 9.17) is 9.47 Å². The maximum atomic E-state index is 12.4. The Hall–Kier alpha value is -1.12. The first-order chi connectivity index (χ1) is 10.2. The van der Waals surface area contributed by atoms with Crippen LogP contribution in [0.5, 0.6) is 0 Å². The summed E-state index contributed by atoms with van der Waals surface area (Å²) in [5.74, 6) is 0. The van der Waals surface area contributed by atoms with Crippen LogP contribution in [0.1, 0.15) is 32.6 Å². The average Bonchev–Trinajstić information content (AvgIpc) is 2.75. The van der Waals surface area contributed by atoms with E-state index in [-0.39, 0.29) is 6.61 Å². The van der Waals surface area contributed by atoms with Gasteiger partial charge in [-0.2, -0.15) is 5.10 Å². The van der Waals surface area contributed by atoms with Crippen LogP contribution >= 0.6 is 15.9 Å². The summed E-state index contributed by atoms with van der Waals surface area (Å²) in [5, 5.41) is 14.8. The van der Waals surface area contributed by atoms with E-state index in [1.165, 1.54) is 4.90 Å². The number of aromatic nitrogens is 2. The Labute approximate surface area is 138 Å². The first-order valence-corrected chi connectivity index (χ1v) is 7.93. The molecule has 1 saturated heterocycles. The molecule has 0 bridgehead atoms. The van der Waals surface area contributed by atoms with Crippen LogP contribution in [0.15, 0.2) is 10.7 Å². The molecule has 1 aromatic heterocycles. The molecule has 1 aliphatic rings. The van der Waals surface area contributed by atoms with E-state index in [2.05, 4.69) is 21.0 Å². The zero-order chi connectivity index (χ0) is 16.5. The predicted molar refractivity (Wildman–Crippen MR) is 83.4 cm³/mol. The molecule has 2 heterocycles. The Balaban J connectivity index is 2.21. The maximum Gasteiger partial charge on any atom is 0.410 e. The summed E-state index contributed by atoms with van der Waals surface area (Å²) >= 11 is 3.37. The van der Waals surface area contributed by atoms with Gasteiger partial charge in [0.2, 0.25) is 0 Å². The third-order valence-corrected chi connectivity index (χ3v) is 3.99. The fourth-order valence-corrected chi connectivity index (χ4v) is 2.95. The number of carbonyl (C=O) groups excluding carboxylic acids is 1. The smallest absolute Gasteiger partial charge is 0.410 e. The Kier molecular flexibility index (Phi) is 5.14. The van der Waals surface area contributed by atoms with Gasteiger partial charge in [0.1, 0.15) is 11.7 Å². The zero-order valence-corrected chi connectivity index (χ0v) is 14.8. The number of halogens is 1. The molecular weight excluding hydrogens is 354 g/mol. The van der Waals surface area contributed by atoms with E-state index < -0.39 is 23.8 Å². The van der Waals surface area contributed by atoms with Crippen LogP contribution < -0.4 is 0 Å². The van der Waals surface area contributed by atoms with Crippen molar-refractivity contribution in [1.82, 2.24) is 14.7 Å². The quantitative estimate of drug-likeness (QED) is 0.853. The number of hydrogen-bond acceptors (Lipinski definition) is 5. The first kappa shape index (κ1) is 17.2. The van der Waals surface area contributed by atoms with Gasteiger partial charge >= 0.3 is 6.09 Å². The van der Waals surface area contributed by atoms with Crippen molar-refractivity contribution in [1.29, 1.82) is 0 Å². The average molecular weight is 376 g/mol. The summed E-state index contributed by atoms with van der Waals surface area (Å²) in [6.45, 7) is 6.50. The third kappa shape index (κ3) is 3.80. The van der Waals surface area contributed by atoms with Gasteiger partial charge in [0, 0.05) is 13.6 Å². The molecule has 1 amide bonds. The van der Waals surface area contributed by atoms with Gasteiger partial charge in [-0.3, -0.25) is 9.58 Å². The molecule has 7 nitrogen and oxygen atoms in total. The monoisotopic (exact) mass is 375 g/mol. The molecule has 2 unspecified atom stereocenters. The third-order valence-electron chi connectivity index (χ3n) is 3.38. The molecule has 1 aromatic rings. The van der Waals surface area contributed by atoms with E-state index in [0.717, 1.165) is 0 Å². The number of rotatable bonds is 2. The molecule has 22 heavy (non-hydrogen) atoms. The Bertz CT molecular complexity index is 521. The first-order valence-electron chi connectivity index (χ1n) is 7.13. The van der Waals surface area contributed by atoms with Crippen molar-refractivity contribution >= 4 is 22.0 Å². The van der Waals surface area contributed by atoms with Crippen molar-refractivity contribution in [2.24, 2.45) is 7.05 Å². The van der Waals surface area contributed by atoms with Gasteiger partial charge in [-0.15, -0.1) is 0 Å². The molecular formula is C14H22BrN3O4. The highest BCUT2D eigenvalue weighted by atomic mass is 79.9. The Morgan fingerprint density at radius 2 is 2.27 bits per heavy atom. The molecule has 1 fully saturated rings. The van der Waals surface area contributed by atoms with Crippen molar-refractivity contribution in [2.45, 2.75) is 38.5 Å². The standard InChI is InChI=1S/C14H22BrN3O4/c1-14(2,3)22-13(20)18-5-6-21-8-10(18)12(19)11-9(15)7-16-17(11)4/h7,10,12,19H,5-6,8H2,1-4H3. The number of nitrogens with zero attached hydrogens (tertiary/aromatic N) is 3. The maximum absolute atomic E-state index is 12.4. The van der Waals surface area contributed by atoms with Crippen LogP contribution in [0.4, 0.5) is 4.79 Å². The molecule has 2 rings (SSSR count). The number of carbonyl (C=O) groups is 1. The molecule has 0 aromatic carbocycles. The molecule has 0 saturated carbocycles. The lowest BCUT2D eigenvalue weighted by Gasteiger charge is -2.38. The van der Waals surface area contributed by atoms with E-state index in [0.29, 0.717) is 23.3 Å². The highest BCUT2D eigenvalue weighted by molar-refractivity contribution is 9.10. The van der Waals surface area contributed by atoms with Crippen molar-refractivity contribution < 1.29 is 19.4 Å². The highest BCUT2D eigenvalue weighted by Gasteiger charge is 2.37. The van der Waals surface area contributed by atoms with Crippen LogP contribution in [0.2, 0.25) is 0 Å². The molecule has 0 radical (unpaired) electrons. The summed E-state index contributed by atoms with van der Waals surface area (Å²) in [7, 11) is 1.74. The predicted octanol–water partition coefficient (Wildman–Crippen LogP) is 1.85. The lowest BCUT2D eigenvalue weighted by atomic mass is 10.1. The summed E-state index contributed by atoms with van der Waals surface area (Å²) in [5.41, 5.74) is 0.0157. The van der Waals surface area contributed by atoms with Crippen molar-refractivity contribution in [3.63, 3.8) is 0 Å². The number of aryl methyl sites for hydroxylation is 1. The van der Waals surface area contributed by atoms with E-state index in [1.54, 1.807) is 17.9 Å². The molecule has 124 valence electrons. The zero-order valence-electron chi connectivity index (χ0n) is 13.2. The largest absolute Gasteiger partial charge is 0.444 e. The summed E-state index contributed by atoms with van der Waals surface area (Å²) in [6, 6.07) is -0.518. The second-order valence-electron chi connectivity index (χ2n) is 6.26. The highest BCUT2D eigenvalue weighted by Crippen LogP contribution is 2.29. The number of morpholine rings is 1. The summed E-state index contributed by atoms with van der Waals surface area (Å²) in [6.07, 6.45) is 0.243. The van der Waals surface area contributed by atoms with E-state index in [9.17, 15) is 9.90 Å². The fraction of sp³-hybridized carbons (Fsp3) is 0.714. The minimum absolute atomic E-state index is 0.248. The van der Waals surface area contributed by atoms with Crippen LogP contribution in [-0.2, 0) is 16.5 Å². The summed E-state index contributed by atoms with van der Waals surface area (Å²) < 4.78 is 13.1. The number of aliphatic hydroxyl groups is 1. The molecule has 1 N–H and O–H groups in total. The number of hydrogen-bond donors (Lipinski definition) is 1. The van der Waals surface area contributed by atoms with E-state index in [1.807, 2.05) is 20.8 Å². The van der Waals surface area contributed by atoms with Gasteiger partial charge in [-0.1, -0.05) is 0 Å². The number of aliphatic hydroxyl groups excluding tert-OH is 1. The minimum atomic E-state index is -0.922. The lowest BCUT2D eigenvalue weighted by Crippen LogP contribution is -2.53. The Morgan fingerprint density at radius 1 is 1.59 bits per heavy atom. The van der Waals surface area contributed by atoms with Crippen molar-refractivity contribution in [3.05, 3.63) is 16.4 Å². The van der Waals surface area contributed by atoms with Crippen molar-refractivity contribution in [2.75, 3.05) is 19.8 Å². The SMILES string of the molecule is Cn1ncc(Br)c1C(O)C1COCCN1C(=O)OC(C)(C)C. The van der Waals surface area contributed by atoms with Crippen LogP contribution in [0.3, 0.4) is 0 Å². The van der Waals surface area contributed by atoms with Gasteiger partial charge in [-0.25, -0.2) is 4.79 Å². The van der Waals surface area contributed by atoms with Crippen LogP contribution in [-0.4, -0.2) is 57.3 Å². The Morgan fingerprint density at radius 3 is 2.82 bits per heavy atom. The van der Waals surface area contributed by atoms with Crippen LogP contribution in [0, 0.1) is 0 Å². The van der Waals surface area contributed by atoms with Gasteiger partial charge < -0.3 is 14.6 Å². The van der Waals surface area contributed by atoms with Crippen molar-refractivity contribution in [3.8, 4) is 0 Å². The van der Waals surface area contributed by atoms with E-state index >= 15 is 0 Å².